The maximum absolute atomic E-state index is 11.9. The van der Waals surface area contributed by atoms with Crippen LogP contribution in [0.15, 0.2) is 0 Å². The zero-order chi connectivity index (χ0) is 29.5. The number of nitrogens with zero attached hydrogens (tertiary/aromatic N) is 1. The first-order chi connectivity index (χ1) is 19.5. The third-order valence-electron chi connectivity index (χ3n) is 6.06. The summed E-state index contributed by atoms with van der Waals surface area (Å²) in [4.78, 5) is 34.6. The lowest BCUT2D eigenvalue weighted by molar-refractivity contribution is -0.142. The number of ether oxygens (including phenoxy) is 2. The van der Waals surface area contributed by atoms with Crippen LogP contribution >= 0.6 is 0 Å². The normalized spacial score (nSPS) is 10.4. The molecule has 40 heavy (non-hydrogen) atoms. The number of unbranched alkanes of at least 4 members (excludes halogenated alkanes) is 12. The highest BCUT2D eigenvalue weighted by atomic mass is 16.5. The van der Waals surface area contributed by atoms with Gasteiger partial charge in [0, 0.05) is 32.4 Å². The highest BCUT2D eigenvalue weighted by molar-refractivity contribution is 5.75. The molecule has 9 heteroatoms. The zero-order valence-electron chi connectivity index (χ0n) is 24.6. The van der Waals surface area contributed by atoms with E-state index in [9.17, 15) is 14.4 Å². The Kier molecular flexibility index (Phi) is 27.5. The first kappa shape index (κ1) is 37.4. The largest absolute Gasteiger partial charge is 0.480 e. The maximum atomic E-state index is 11.9. The van der Waals surface area contributed by atoms with Crippen molar-refractivity contribution in [3.63, 3.8) is 0 Å². The predicted octanol–water partition coefficient (Wildman–Crippen LogP) is 4.49. The Bertz CT molecular complexity index is 764. The van der Waals surface area contributed by atoms with Crippen LogP contribution in [0.2, 0.25) is 0 Å². The monoisotopic (exact) mass is 564 g/mol. The molecule has 0 aromatic carbocycles. The number of hydrogen-bond donors (Lipinski definition) is 3. The van der Waals surface area contributed by atoms with Crippen LogP contribution in [0.25, 0.3) is 0 Å². The number of carboxylic acids is 2. The third kappa shape index (κ3) is 30.0. The van der Waals surface area contributed by atoms with Crippen molar-refractivity contribution in [2.24, 2.45) is 0 Å². The second kappa shape index (κ2) is 29.4. The fourth-order valence-corrected chi connectivity index (χ4v) is 3.88. The van der Waals surface area contributed by atoms with Gasteiger partial charge in [0.25, 0.3) is 0 Å². The van der Waals surface area contributed by atoms with Crippen LogP contribution in [0.4, 0.5) is 0 Å². The summed E-state index contributed by atoms with van der Waals surface area (Å²) in [7, 11) is 0. The molecule has 0 aliphatic heterocycles. The van der Waals surface area contributed by atoms with E-state index >= 15 is 0 Å². The standard InChI is InChI=1S/C31H52N2O7/c1-2-3-4-5-6-7-8-9-10-11-12-13-14-15-16-17-18-19-20-29(34)32-21-23-39-25-26-40-24-22-33(27-30(35)36)28-31(37)38/h2-10,15-28H2,1H3,(H,32,34)(H,35,36)(H,37,38). The average molecular weight is 565 g/mol. The molecule has 0 saturated carbocycles. The molecule has 0 unspecified atom stereocenters. The van der Waals surface area contributed by atoms with Crippen molar-refractivity contribution in [3.05, 3.63) is 0 Å². The van der Waals surface area contributed by atoms with Gasteiger partial charge in [0.1, 0.15) is 0 Å². The summed E-state index contributed by atoms with van der Waals surface area (Å²) in [6.07, 6.45) is 16.8. The van der Waals surface area contributed by atoms with E-state index in [0.717, 1.165) is 38.5 Å². The second-order valence-electron chi connectivity index (χ2n) is 9.82. The Morgan fingerprint density at radius 2 is 1.18 bits per heavy atom. The number of amides is 1. The first-order valence-electron chi connectivity index (χ1n) is 15.0. The Balaban J connectivity index is 3.48. The van der Waals surface area contributed by atoms with Crippen molar-refractivity contribution < 1.29 is 34.1 Å². The van der Waals surface area contributed by atoms with E-state index in [2.05, 4.69) is 35.9 Å². The van der Waals surface area contributed by atoms with Gasteiger partial charge in [-0.1, -0.05) is 76.6 Å². The van der Waals surface area contributed by atoms with Gasteiger partial charge in [0.05, 0.1) is 39.5 Å². The number of carboxylic acid groups (broad SMARTS) is 2. The Morgan fingerprint density at radius 1 is 0.675 bits per heavy atom. The lowest BCUT2D eigenvalue weighted by Crippen LogP contribution is -2.37. The van der Waals surface area contributed by atoms with E-state index in [1.165, 1.54) is 56.3 Å². The summed E-state index contributed by atoms with van der Waals surface area (Å²) in [6, 6.07) is 0. The van der Waals surface area contributed by atoms with E-state index in [0.29, 0.717) is 32.8 Å². The molecule has 0 aliphatic rings. The molecule has 0 spiro atoms. The lowest BCUT2D eigenvalue weighted by Gasteiger charge is -2.17. The fourth-order valence-electron chi connectivity index (χ4n) is 3.88. The summed E-state index contributed by atoms with van der Waals surface area (Å²) in [5.41, 5.74) is 0. The van der Waals surface area contributed by atoms with Crippen LogP contribution in [-0.4, -0.2) is 85.6 Å². The van der Waals surface area contributed by atoms with Crippen molar-refractivity contribution in [1.29, 1.82) is 0 Å². The predicted molar refractivity (Wildman–Crippen MR) is 157 cm³/mol. The quantitative estimate of drug-likeness (QED) is 0.0985. The highest BCUT2D eigenvalue weighted by Crippen LogP contribution is 2.09. The molecular weight excluding hydrogens is 512 g/mol. The molecule has 0 heterocycles. The summed E-state index contributed by atoms with van der Waals surface area (Å²) in [6.45, 7) is 3.40. The van der Waals surface area contributed by atoms with Gasteiger partial charge >= 0.3 is 11.9 Å². The Morgan fingerprint density at radius 3 is 1.73 bits per heavy atom. The van der Waals surface area contributed by atoms with E-state index in [1.807, 2.05) is 0 Å². The first-order valence-corrected chi connectivity index (χ1v) is 15.0. The summed E-state index contributed by atoms with van der Waals surface area (Å²) < 4.78 is 10.7. The zero-order valence-corrected chi connectivity index (χ0v) is 24.6. The lowest BCUT2D eigenvalue weighted by atomic mass is 10.1. The average Bonchev–Trinajstić information content (AvgIpc) is 2.90. The van der Waals surface area contributed by atoms with Crippen molar-refractivity contribution in [1.82, 2.24) is 10.2 Å². The van der Waals surface area contributed by atoms with Crippen molar-refractivity contribution >= 4 is 17.8 Å². The molecule has 0 aromatic heterocycles. The van der Waals surface area contributed by atoms with E-state index in [1.54, 1.807) is 0 Å². The molecule has 9 nitrogen and oxygen atoms in total. The number of carbonyl (C=O) groups is 3. The van der Waals surface area contributed by atoms with Gasteiger partial charge in [-0.2, -0.15) is 0 Å². The molecule has 0 fully saturated rings. The Hall–Kier alpha value is -2.59. The van der Waals surface area contributed by atoms with Gasteiger partial charge in [0.2, 0.25) is 5.91 Å². The van der Waals surface area contributed by atoms with Gasteiger partial charge in [-0.3, -0.25) is 19.3 Å². The number of carbonyl (C=O) groups excluding carboxylic acids is 1. The van der Waals surface area contributed by atoms with E-state index in [-0.39, 0.29) is 32.1 Å². The SMILES string of the molecule is CCCCCCCCCCC#CC#CCCCCCCC(=O)NCCOCCOCCN(CC(=O)O)CC(=O)O. The highest BCUT2D eigenvalue weighted by Gasteiger charge is 2.12. The minimum atomic E-state index is -1.09. The molecular formula is C31H52N2O7. The molecule has 0 radical (unpaired) electrons. The van der Waals surface area contributed by atoms with E-state index < -0.39 is 11.9 Å². The maximum Gasteiger partial charge on any atom is 0.317 e. The van der Waals surface area contributed by atoms with Gasteiger partial charge in [-0.15, -0.1) is 0 Å². The van der Waals surface area contributed by atoms with Crippen molar-refractivity contribution in [3.8, 4) is 23.7 Å². The molecule has 3 N–H and O–H groups in total. The smallest absolute Gasteiger partial charge is 0.317 e. The number of hydrogen-bond acceptors (Lipinski definition) is 6. The summed E-state index contributed by atoms with van der Waals surface area (Å²) in [5, 5.41) is 20.4. The molecule has 0 bridgehead atoms. The molecule has 0 aromatic rings. The minimum absolute atomic E-state index is 0.0170. The minimum Gasteiger partial charge on any atom is -0.480 e. The van der Waals surface area contributed by atoms with Crippen molar-refractivity contribution in [2.75, 3.05) is 52.6 Å². The van der Waals surface area contributed by atoms with Crippen LogP contribution in [-0.2, 0) is 23.9 Å². The molecule has 0 aliphatic carbocycles. The number of nitrogens with one attached hydrogen (secondary N) is 1. The van der Waals surface area contributed by atoms with Crippen LogP contribution < -0.4 is 5.32 Å². The molecule has 0 saturated heterocycles. The van der Waals surface area contributed by atoms with Crippen LogP contribution in [0.3, 0.4) is 0 Å². The molecule has 1 amide bonds. The van der Waals surface area contributed by atoms with E-state index in [4.69, 9.17) is 19.7 Å². The van der Waals surface area contributed by atoms with Gasteiger partial charge < -0.3 is 25.0 Å². The number of aliphatic carboxylic acids is 2. The number of rotatable bonds is 27. The Labute approximate surface area is 241 Å². The molecule has 228 valence electrons. The molecule has 0 atom stereocenters. The van der Waals surface area contributed by atoms with Gasteiger partial charge in [-0.05, 0) is 31.1 Å². The summed E-state index contributed by atoms with van der Waals surface area (Å²) >= 11 is 0. The van der Waals surface area contributed by atoms with Gasteiger partial charge in [0.15, 0.2) is 0 Å². The van der Waals surface area contributed by atoms with Crippen LogP contribution in [0, 0.1) is 23.7 Å². The third-order valence-corrected chi connectivity index (χ3v) is 6.06. The summed E-state index contributed by atoms with van der Waals surface area (Å²) in [5.74, 6) is 10.0. The van der Waals surface area contributed by atoms with Gasteiger partial charge in [-0.25, -0.2) is 0 Å². The van der Waals surface area contributed by atoms with Crippen LogP contribution in [0.5, 0.6) is 0 Å². The molecule has 0 rings (SSSR count). The van der Waals surface area contributed by atoms with Crippen molar-refractivity contribution in [2.45, 2.75) is 103 Å². The van der Waals surface area contributed by atoms with Crippen LogP contribution in [0.1, 0.15) is 103 Å². The topological polar surface area (TPSA) is 125 Å². The second-order valence-corrected chi connectivity index (χ2v) is 9.82. The fraction of sp³-hybridized carbons (Fsp3) is 0.774.